The Kier molecular flexibility index (Phi) is 4.65. The molecule has 0 spiro atoms. The third-order valence-electron chi connectivity index (χ3n) is 4.23. The van der Waals surface area contributed by atoms with E-state index in [2.05, 4.69) is 20.4 Å². The zero-order chi connectivity index (χ0) is 18.6. The highest BCUT2D eigenvalue weighted by molar-refractivity contribution is 5.90. The lowest BCUT2D eigenvalue weighted by Crippen LogP contribution is -2.12. The first-order chi connectivity index (χ1) is 13.2. The van der Waals surface area contributed by atoms with Crippen molar-refractivity contribution in [2.24, 2.45) is 0 Å². The molecule has 2 heterocycles. The molecule has 4 aromatic rings. The SMILES string of the molecule is O=C(CCc1nc2ccccc2[nH]1)Nc1cnn(Cc2ccccc2F)c1. The van der Waals surface area contributed by atoms with Crippen molar-refractivity contribution in [2.45, 2.75) is 19.4 Å². The first kappa shape index (κ1) is 17.0. The van der Waals surface area contributed by atoms with Crippen LogP contribution in [0.2, 0.25) is 0 Å². The molecule has 0 aliphatic rings. The summed E-state index contributed by atoms with van der Waals surface area (Å²) >= 11 is 0. The highest BCUT2D eigenvalue weighted by atomic mass is 19.1. The summed E-state index contributed by atoms with van der Waals surface area (Å²) in [5, 5.41) is 6.98. The van der Waals surface area contributed by atoms with E-state index in [1.54, 1.807) is 35.3 Å². The molecule has 0 aliphatic heterocycles. The molecule has 0 saturated heterocycles. The van der Waals surface area contributed by atoms with E-state index in [0.717, 1.165) is 16.9 Å². The smallest absolute Gasteiger partial charge is 0.224 e. The van der Waals surface area contributed by atoms with Gasteiger partial charge in [-0.3, -0.25) is 9.48 Å². The van der Waals surface area contributed by atoms with Crippen LogP contribution in [0.4, 0.5) is 10.1 Å². The molecule has 4 rings (SSSR count). The molecular formula is C20H18FN5O. The quantitative estimate of drug-likeness (QED) is 0.550. The molecule has 0 bridgehead atoms. The van der Waals surface area contributed by atoms with Crippen molar-refractivity contribution in [3.63, 3.8) is 0 Å². The van der Waals surface area contributed by atoms with E-state index in [1.165, 1.54) is 6.07 Å². The predicted molar refractivity (Wildman–Crippen MR) is 101 cm³/mol. The number of aryl methyl sites for hydroxylation is 1. The number of halogens is 1. The van der Waals surface area contributed by atoms with E-state index in [-0.39, 0.29) is 11.7 Å². The van der Waals surface area contributed by atoms with Gasteiger partial charge in [0.2, 0.25) is 5.91 Å². The van der Waals surface area contributed by atoms with Crippen molar-refractivity contribution in [3.05, 3.63) is 78.1 Å². The molecule has 0 aliphatic carbocycles. The number of carbonyl (C=O) groups is 1. The number of para-hydroxylation sites is 2. The van der Waals surface area contributed by atoms with Crippen LogP contribution in [0.5, 0.6) is 0 Å². The van der Waals surface area contributed by atoms with Gasteiger partial charge in [0.1, 0.15) is 11.6 Å². The summed E-state index contributed by atoms with van der Waals surface area (Å²) in [5.41, 5.74) is 2.98. The first-order valence-corrected chi connectivity index (χ1v) is 8.67. The van der Waals surface area contributed by atoms with Gasteiger partial charge in [-0.05, 0) is 18.2 Å². The van der Waals surface area contributed by atoms with E-state index in [9.17, 15) is 9.18 Å². The topological polar surface area (TPSA) is 75.6 Å². The highest BCUT2D eigenvalue weighted by Crippen LogP contribution is 2.13. The summed E-state index contributed by atoms with van der Waals surface area (Å²) in [6.45, 7) is 0.307. The number of rotatable bonds is 6. The molecule has 136 valence electrons. The Bertz CT molecular complexity index is 1050. The van der Waals surface area contributed by atoms with Gasteiger partial charge in [0, 0.05) is 24.6 Å². The Balaban J connectivity index is 1.33. The molecule has 7 heteroatoms. The normalized spacial score (nSPS) is 11.0. The number of amides is 1. The van der Waals surface area contributed by atoms with Crippen molar-refractivity contribution >= 4 is 22.6 Å². The fourth-order valence-electron chi connectivity index (χ4n) is 2.90. The number of imidazole rings is 1. The molecular weight excluding hydrogens is 345 g/mol. The number of carbonyl (C=O) groups excluding carboxylic acids is 1. The minimum absolute atomic E-state index is 0.124. The van der Waals surface area contributed by atoms with Crippen molar-refractivity contribution in [3.8, 4) is 0 Å². The molecule has 2 N–H and O–H groups in total. The van der Waals surface area contributed by atoms with Crippen LogP contribution in [0.25, 0.3) is 11.0 Å². The summed E-state index contributed by atoms with van der Waals surface area (Å²) in [6.07, 6.45) is 4.06. The van der Waals surface area contributed by atoms with Gasteiger partial charge in [-0.1, -0.05) is 30.3 Å². The Labute approximate surface area is 155 Å². The van der Waals surface area contributed by atoms with Gasteiger partial charge in [0.25, 0.3) is 0 Å². The number of aromatic amines is 1. The number of hydrogen-bond donors (Lipinski definition) is 2. The standard InChI is InChI=1S/C20H18FN5O/c21-16-6-2-1-5-14(16)12-26-13-15(11-22-26)23-20(27)10-9-19-24-17-7-3-4-8-18(17)25-19/h1-8,11,13H,9-10,12H2,(H,23,27)(H,24,25). The number of hydrogen-bond acceptors (Lipinski definition) is 3. The number of benzene rings is 2. The largest absolute Gasteiger partial charge is 0.342 e. The number of fused-ring (bicyclic) bond motifs is 1. The number of nitrogens with zero attached hydrogens (tertiary/aromatic N) is 3. The van der Waals surface area contributed by atoms with E-state index in [1.807, 2.05) is 24.3 Å². The third kappa shape index (κ3) is 4.03. The highest BCUT2D eigenvalue weighted by Gasteiger charge is 2.09. The van der Waals surface area contributed by atoms with Crippen molar-refractivity contribution < 1.29 is 9.18 Å². The van der Waals surface area contributed by atoms with Gasteiger partial charge >= 0.3 is 0 Å². The zero-order valence-corrected chi connectivity index (χ0v) is 14.5. The number of aromatic nitrogens is 4. The maximum atomic E-state index is 13.7. The maximum absolute atomic E-state index is 13.7. The second-order valence-corrected chi connectivity index (χ2v) is 6.27. The molecule has 0 atom stereocenters. The molecule has 2 aromatic carbocycles. The lowest BCUT2D eigenvalue weighted by atomic mass is 10.2. The van der Waals surface area contributed by atoms with E-state index >= 15 is 0 Å². The Morgan fingerprint density at radius 3 is 2.81 bits per heavy atom. The zero-order valence-electron chi connectivity index (χ0n) is 14.5. The molecule has 0 unspecified atom stereocenters. The van der Waals surface area contributed by atoms with Gasteiger partial charge in [-0.25, -0.2) is 9.37 Å². The third-order valence-corrected chi connectivity index (χ3v) is 4.23. The Morgan fingerprint density at radius 2 is 1.96 bits per heavy atom. The molecule has 2 aromatic heterocycles. The van der Waals surface area contributed by atoms with Crippen molar-refractivity contribution in [2.75, 3.05) is 5.32 Å². The molecule has 0 fully saturated rings. The minimum atomic E-state index is -0.274. The Hall–Kier alpha value is -3.48. The van der Waals surface area contributed by atoms with Crippen LogP contribution in [0.3, 0.4) is 0 Å². The van der Waals surface area contributed by atoms with Gasteiger partial charge in [0.15, 0.2) is 0 Å². The van der Waals surface area contributed by atoms with Crippen LogP contribution in [0.15, 0.2) is 60.9 Å². The fraction of sp³-hybridized carbons (Fsp3) is 0.150. The summed E-state index contributed by atoms with van der Waals surface area (Å²) < 4.78 is 15.3. The average molecular weight is 363 g/mol. The molecule has 1 amide bonds. The number of H-pyrrole nitrogens is 1. The van der Waals surface area contributed by atoms with Crippen LogP contribution in [0, 0.1) is 5.82 Å². The van der Waals surface area contributed by atoms with Crippen LogP contribution in [-0.4, -0.2) is 25.7 Å². The van der Waals surface area contributed by atoms with Crippen molar-refractivity contribution in [1.29, 1.82) is 0 Å². The minimum Gasteiger partial charge on any atom is -0.342 e. The van der Waals surface area contributed by atoms with Crippen molar-refractivity contribution in [1.82, 2.24) is 19.7 Å². The first-order valence-electron chi connectivity index (χ1n) is 8.67. The second-order valence-electron chi connectivity index (χ2n) is 6.27. The summed E-state index contributed by atoms with van der Waals surface area (Å²) in [6, 6.07) is 14.3. The van der Waals surface area contributed by atoms with E-state index in [4.69, 9.17) is 0 Å². The van der Waals surface area contributed by atoms with E-state index < -0.39 is 0 Å². The molecule has 0 radical (unpaired) electrons. The number of nitrogens with one attached hydrogen (secondary N) is 2. The van der Waals surface area contributed by atoms with Crippen LogP contribution in [-0.2, 0) is 17.8 Å². The van der Waals surface area contributed by atoms with Gasteiger partial charge < -0.3 is 10.3 Å². The monoisotopic (exact) mass is 363 g/mol. The maximum Gasteiger partial charge on any atom is 0.224 e. The second kappa shape index (κ2) is 7.41. The van der Waals surface area contributed by atoms with Gasteiger partial charge in [-0.2, -0.15) is 5.10 Å². The van der Waals surface area contributed by atoms with Crippen LogP contribution < -0.4 is 5.32 Å². The number of anilines is 1. The Morgan fingerprint density at radius 1 is 1.15 bits per heavy atom. The summed E-state index contributed by atoms with van der Waals surface area (Å²) in [5.74, 6) is 0.381. The van der Waals surface area contributed by atoms with Gasteiger partial charge in [0.05, 0.1) is 29.5 Å². The lowest BCUT2D eigenvalue weighted by Gasteiger charge is -2.03. The fourth-order valence-corrected chi connectivity index (χ4v) is 2.90. The predicted octanol–water partition coefficient (Wildman–Crippen LogP) is 3.52. The summed E-state index contributed by atoms with van der Waals surface area (Å²) in [4.78, 5) is 19.8. The van der Waals surface area contributed by atoms with E-state index in [0.29, 0.717) is 30.6 Å². The van der Waals surface area contributed by atoms with Crippen LogP contribution >= 0.6 is 0 Å². The average Bonchev–Trinajstić information content (AvgIpc) is 3.28. The molecule has 6 nitrogen and oxygen atoms in total. The molecule has 0 saturated carbocycles. The molecule has 27 heavy (non-hydrogen) atoms. The van der Waals surface area contributed by atoms with Crippen LogP contribution in [0.1, 0.15) is 17.8 Å². The van der Waals surface area contributed by atoms with Gasteiger partial charge in [-0.15, -0.1) is 0 Å². The lowest BCUT2D eigenvalue weighted by molar-refractivity contribution is -0.116. The summed E-state index contributed by atoms with van der Waals surface area (Å²) in [7, 11) is 0.